The normalized spacial score (nSPS) is 10.8. The van der Waals surface area contributed by atoms with Gasteiger partial charge in [0.2, 0.25) is 0 Å². The van der Waals surface area contributed by atoms with E-state index in [2.05, 4.69) is 21.5 Å². The zero-order chi connectivity index (χ0) is 13.2. The fourth-order valence-electron chi connectivity index (χ4n) is 1.42. The number of hydrogen-bond acceptors (Lipinski definition) is 1. The largest absolute Gasteiger partial charge is 0.357 e. The van der Waals surface area contributed by atoms with Crippen LogP contribution in [0.1, 0.15) is 12.5 Å². The van der Waals surface area contributed by atoms with Crippen LogP contribution in [0.15, 0.2) is 29.3 Å². The van der Waals surface area contributed by atoms with Crippen LogP contribution >= 0.6 is 11.6 Å². The third kappa shape index (κ3) is 5.60. The van der Waals surface area contributed by atoms with Crippen LogP contribution in [0.25, 0.3) is 0 Å². The van der Waals surface area contributed by atoms with Gasteiger partial charge in [-0.15, -0.1) is 6.42 Å². The minimum atomic E-state index is 0.479. The molecule has 0 radical (unpaired) electrons. The monoisotopic (exact) mass is 263 g/mol. The minimum Gasteiger partial charge on any atom is -0.357 e. The van der Waals surface area contributed by atoms with E-state index in [0.29, 0.717) is 13.1 Å². The SMILES string of the molecule is C#CCNC(=NCCc1ccc(Cl)cc1)NCC. The molecule has 0 atom stereocenters. The number of guanidine groups is 1. The highest BCUT2D eigenvalue weighted by Gasteiger charge is 1.96. The number of rotatable bonds is 5. The summed E-state index contributed by atoms with van der Waals surface area (Å²) < 4.78 is 0. The van der Waals surface area contributed by atoms with Gasteiger partial charge in [0.15, 0.2) is 5.96 Å². The Morgan fingerprint density at radius 3 is 2.67 bits per heavy atom. The van der Waals surface area contributed by atoms with E-state index in [0.717, 1.165) is 23.9 Å². The number of nitrogens with one attached hydrogen (secondary N) is 2. The van der Waals surface area contributed by atoms with Crippen LogP contribution in [-0.4, -0.2) is 25.6 Å². The molecule has 0 amide bonds. The van der Waals surface area contributed by atoms with Gasteiger partial charge in [-0.25, -0.2) is 0 Å². The van der Waals surface area contributed by atoms with Gasteiger partial charge < -0.3 is 10.6 Å². The second-order valence-corrected chi connectivity index (χ2v) is 4.13. The Labute approximate surface area is 114 Å². The van der Waals surface area contributed by atoms with E-state index in [4.69, 9.17) is 18.0 Å². The lowest BCUT2D eigenvalue weighted by Crippen LogP contribution is -2.37. The van der Waals surface area contributed by atoms with Gasteiger partial charge in [-0.2, -0.15) is 0 Å². The molecule has 4 heteroatoms. The molecule has 0 saturated carbocycles. The van der Waals surface area contributed by atoms with E-state index in [1.54, 1.807) is 0 Å². The molecule has 96 valence electrons. The molecule has 0 aliphatic heterocycles. The van der Waals surface area contributed by atoms with Crippen molar-refractivity contribution in [1.29, 1.82) is 0 Å². The highest BCUT2D eigenvalue weighted by molar-refractivity contribution is 6.30. The third-order valence-corrected chi connectivity index (χ3v) is 2.54. The van der Waals surface area contributed by atoms with Crippen LogP contribution < -0.4 is 10.6 Å². The number of terminal acetylenes is 1. The van der Waals surface area contributed by atoms with Gasteiger partial charge in [0.25, 0.3) is 0 Å². The summed E-state index contributed by atoms with van der Waals surface area (Å²) in [6.07, 6.45) is 6.08. The van der Waals surface area contributed by atoms with Crippen LogP contribution in [0.2, 0.25) is 5.02 Å². The van der Waals surface area contributed by atoms with E-state index >= 15 is 0 Å². The Morgan fingerprint density at radius 1 is 1.33 bits per heavy atom. The molecule has 0 spiro atoms. The van der Waals surface area contributed by atoms with Crippen molar-refractivity contribution in [2.45, 2.75) is 13.3 Å². The topological polar surface area (TPSA) is 36.4 Å². The number of halogens is 1. The maximum Gasteiger partial charge on any atom is 0.192 e. The summed E-state index contributed by atoms with van der Waals surface area (Å²) in [5.41, 5.74) is 1.22. The molecular weight excluding hydrogens is 246 g/mol. The fraction of sp³-hybridized carbons (Fsp3) is 0.357. The molecule has 0 bridgehead atoms. The van der Waals surface area contributed by atoms with Crippen molar-refractivity contribution in [2.75, 3.05) is 19.6 Å². The molecule has 18 heavy (non-hydrogen) atoms. The molecule has 1 rings (SSSR count). The zero-order valence-corrected chi connectivity index (χ0v) is 11.3. The minimum absolute atomic E-state index is 0.479. The van der Waals surface area contributed by atoms with Gasteiger partial charge >= 0.3 is 0 Å². The summed E-state index contributed by atoms with van der Waals surface area (Å²) in [6.45, 7) is 4.03. The van der Waals surface area contributed by atoms with Crippen molar-refractivity contribution < 1.29 is 0 Å². The van der Waals surface area contributed by atoms with Crippen molar-refractivity contribution in [2.24, 2.45) is 4.99 Å². The van der Waals surface area contributed by atoms with Crippen molar-refractivity contribution in [1.82, 2.24) is 10.6 Å². The van der Waals surface area contributed by atoms with Crippen molar-refractivity contribution in [3.8, 4) is 12.3 Å². The van der Waals surface area contributed by atoms with Crippen LogP contribution in [0, 0.1) is 12.3 Å². The van der Waals surface area contributed by atoms with E-state index in [1.807, 2.05) is 31.2 Å². The Morgan fingerprint density at radius 2 is 2.06 bits per heavy atom. The predicted molar refractivity (Wildman–Crippen MR) is 78.0 cm³/mol. The van der Waals surface area contributed by atoms with Crippen LogP contribution in [0.5, 0.6) is 0 Å². The average molecular weight is 264 g/mol. The molecule has 0 aliphatic carbocycles. The molecule has 0 saturated heterocycles. The van der Waals surface area contributed by atoms with Gasteiger partial charge in [0.05, 0.1) is 6.54 Å². The Bertz CT molecular complexity index is 418. The average Bonchev–Trinajstić information content (AvgIpc) is 2.38. The van der Waals surface area contributed by atoms with Gasteiger partial charge in [-0.3, -0.25) is 4.99 Å². The Kier molecular flexibility index (Phi) is 6.75. The molecule has 0 aromatic heterocycles. The molecular formula is C14H18ClN3. The molecule has 1 aromatic carbocycles. The first-order valence-corrected chi connectivity index (χ1v) is 6.34. The van der Waals surface area contributed by atoms with Gasteiger partial charge in [-0.05, 0) is 31.0 Å². The maximum absolute atomic E-state index is 5.83. The highest BCUT2D eigenvalue weighted by Crippen LogP contribution is 2.09. The Hall–Kier alpha value is -1.66. The predicted octanol–water partition coefficient (Wildman–Crippen LogP) is 2.07. The molecule has 3 nitrogen and oxygen atoms in total. The quantitative estimate of drug-likeness (QED) is 0.485. The molecule has 1 aromatic rings. The van der Waals surface area contributed by atoms with Crippen molar-refractivity contribution in [3.05, 3.63) is 34.9 Å². The van der Waals surface area contributed by atoms with Crippen LogP contribution in [0.4, 0.5) is 0 Å². The summed E-state index contributed by atoms with van der Waals surface area (Å²) in [5.74, 6) is 3.28. The van der Waals surface area contributed by atoms with Gasteiger partial charge in [-0.1, -0.05) is 29.7 Å². The van der Waals surface area contributed by atoms with E-state index in [9.17, 15) is 0 Å². The summed E-state index contributed by atoms with van der Waals surface area (Å²) in [6, 6.07) is 7.81. The number of aliphatic imine (C=N–C) groups is 1. The summed E-state index contributed by atoms with van der Waals surface area (Å²) in [5, 5.41) is 6.94. The standard InChI is InChI=1S/C14H18ClN3/c1-3-10-17-14(16-4-2)18-11-9-12-5-7-13(15)8-6-12/h1,5-8H,4,9-11H2,2H3,(H2,16,17,18). The first-order valence-electron chi connectivity index (χ1n) is 5.96. The van der Waals surface area contributed by atoms with Crippen molar-refractivity contribution >= 4 is 17.6 Å². The lowest BCUT2D eigenvalue weighted by atomic mass is 10.1. The molecule has 2 N–H and O–H groups in total. The number of hydrogen-bond donors (Lipinski definition) is 2. The number of benzene rings is 1. The second-order valence-electron chi connectivity index (χ2n) is 3.69. The summed E-state index contributed by atoms with van der Waals surface area (Å²) in [7, 11) is 0. The molecule has 0 aliphatic rings. The zero-order valence-electron chi connectivity index (χ0n) is 10.5. The number of nitrogens with zero attached hydrogens (tertiary/aromatic N) is 1. The Balaban J connectivity index is 2.45. The first-order chi connectivity index (χ1) is 8.76. The molecule has 0 unspecified atom stereocenters. The highest BCUT2D eigenvalue weighted by atomic mass is 35.5. The lowest BCUT2D eigenvalue weighted by Gasteiger charge is -2.08. The van der Waals surface area contributed by atoms with Crippen molar-refractivity contribution in [3.63, 3.8) is 0 Å². The fourth-order valence-corrected chi connectivity index (χ4v) is 1.55. The van der Waals surface area contributed by atoms with Gasteiger partial charge in [0.1, 0.15) is 0 Å². The van der Waals surface area contributed by atoms with E-state index < -0.39 is 0 Å². The molecule has 0 fully saturated rings. The second kappa shape index (κ2) is 8.43. The first kappa shape index (κ1) is 14.4. The summed E-state index contributed by atoms with van der Waals surface area (Å²) in [4.78, 5) is 4.43. The lowest BCUT2D eigenvalue weighted by molar-refractivity contribution is 0.855. The van der Waals surface area contributed by atoms with Gasteiger partial charge in [0, 0.05) is 18.1 Å². The summed E-state index contributed by atoms with van der Waals surface area (Å²) >= 11 is 5.83. The smallest absolute Gasteiger partial charge is 0.192 e. The molecule has 0 heterocycles. The third-order valence-electron chi connectivity index (χ3n) is 2.29. The maximum atomic E-state index is 5.83. The van der Waals surface area contributed by atoms with E-state index in [1.165, 1.54) is 5.56 Å². The van der Waals surface area contributed by atoms with E-state index in [-0.39, 0.29) is 0 Å². The van der Waals surface area contributed by atoms with Crippen LogP contribution in [0.3, 0.4) is 0 Å². The van der Waals surface area contributed by atoms with Crippen LogP contribution in [-0.2, 0) is 6.42 Å².